The van der Waals surface area contributed by atoms with Crippen molar-refractivity contribution in [1.82, 2.24) is 4.98 Å². The molecule has 3 aromatic rings. The van der Waals surface area contributed by atoms with Gasteiger partial charge in [0.1, 0.15) is 0 Å². The number of anilines is 3. The summed E-state index contributed by atoms with van der Waals surface area (Å²) >= 11 is 1.37. The van der Waals surface area contributed by atoms with Crippen molar-refractivity contribution in [3.8, 4) is 0 Å². The van der Waals surface area contributed by atoms with Gasteiger partial charge < -0.3 is 15.0 Å². The van der Waals surface area contributed by atoms with E-state index in [1.807, 2.05) is 29.5 Å². The maximum atomic E-state index is 13.4. The quantitative estimate of drug-likeness (QED) is 0.551. The van der Waals surface area contributed by atoms with Crippen LogP contribution in [0.2, 0.25) is 0 Å². The van der Waals surface area contributed by atoms with Crippen molar-refractivity contribution in [3.05, 3.63) is 59.6 Å². The first kappa shape index (κ1) is 22.1. The van der Waals surface area contributed by atoms with Gasteiger partial charge in [0.2, 0.25) is 15.7 Å². The molecule has 1 fully saturated rings. The number of carbonyl (C=O) groups excluding carboxylic acids is 1. The lowest BCUT2D eigenvalue weighted by Crippen LogP contribution is -2.44. The van der Waals surface area contributed by atoms with Gasteiger partial charge in [-0.3, -0.25) is 4.79 Å². The first-order valence-electron chi connectivity index (χ1n) is 10.8. The third-order valence-corrected chi connectivity index (χ3v) is 9.27. The molecule has 1 aromatic heterocycles. The zero-order valence-corrected chi connectivity index (χ0v) is 20.1. The summed E-state index contributed by atoms with van der Waals surface area (Å²) in [4.78, 5) is 20.0. The molecule has 1 amide bonds. The average Bonchev–Trinajstić information content (AvgIpc) is 3.30. The van der Waals surface area contributed by atoms with Crippen LogP contribution < -0.4 is 10.2 Å². The van der Waals surface area contributed by atoms with Crippen LogP contribution in [0.15, 0.2) is 63.8 Å². The number of carbonyl (C=O) groups is 1. The predicted octanol–water partition coefficient (Wildman–Crippen LogP) is 4.60. The highest BCUT2D eigenvalue weighted by Gasteiger charge is 2.42. The molecular formula is C24H25N3O4S2. The summed E-state index contributed by atoms with van der Waals surface area (Å²) in [6, 6.07) is 12.2. The molecule has 2 aliphatic rings. The number of sulfone groups is 1. The molecule has 1 N–H and O–H groups in total. The van der Waals surface area contributed by atoms with Gasteiger partial charge in [-0.15, -0.1) is 11.3 Å². The van der Waals surface area contributed by atoms with Gasteiger partial charge in [0.05, 0.1) is 40.3 Å². The van der Waals surface area contributed by atoms with E-state index in [0.717, 1.165) is 12.0 Å². The fourth-order valence-electron chi connectivity index (χ4n) is 4.58. The highest BCUT2D eigenvalue weighted by Crippen LogP contribution is 2.46. The second kappa shape index (κ2) is 8.23. The number of aromatic nitrogens is 1. The van der Waals surface area contributed by atoms with Crippen molar-refractivity contribution in [2.75, 3.05) is 30.5 Å². The van der Waals surface area contributed by atoms with Gasteiger partial charge in [-0.2, -0.15) is 0 Å². The molecule has 1 saturated heterocycles. The second-order valence-electron chi connectivity index (χ2n) is 8.69. The van der Waals surface area contributed by atoms with Crippen LogP contribution in [-0.2, 0) is 19.4 Å². The fourth-order valence-corrected chi connectivity index (χ4v) is 6.81. The Morgan fingerprint density at radius 3 is 2.64 bits per heavy atom. The topological polar surface area (TPSA) is 88.6 Å². The lowest BCUT2D eigenvalue weighted by atomic mass is 9.73. The second-order valence-corrected chi connectivity index (χ2v) is 11.5. The lowest BCUT2D eigenvalue weighted by Gasteiger charge is -2.43. The number of amides is 1. The molecular weight excluding hydrogens is 458 g/mol. The van der Waals surface area contributed by atoms with Gasteiger partial charge in [-0.25, -0.2) is 13.4 Å². The van der Waals surface area contributed by atoms with Gasteiger partial charge in [0.25, 0.3) is 0 Å². The van der Waals surface area contributed by atoms with E-state index in [1.54, 1.807) is 36.5 Å². The van der Waals surface area contributed by atoms with Crippen LogP contribution >= 0.6 is 11.3 Å². The van der Waals surface area contributed by atoms with E-state index in [0.29, 0.717) is 41.0 Å². The summed E-state index contributed by atoms with van der Waals surface area (Å²) in [5.41, 5.74) is 1.92. The van der Waals surface area contributed by atoms with Crippen LogP contribution in [0.3, 0.4) is 0 Å². The van der Waals surface area contributed by atoms with Crippen molar-refractivity contribution >= 4 is 43.6 Å². The van der Waals surface area contributed by atoms with Crippen molar-refractivity contribution in [1.29, 1.82) is 0 Å². The number of nitrogens with one attached hydrogen (secondary N) is 1. The maximum absolute atomic E-state index is 13.4. The number of hydrogen-bond acceptors (Lipinski definition) is 7. The number of benzene rings is 2. The van der Waals surface area contributed by atoms with E-state index >= 15 is 0 Å². The number of thiazole rings is 1. The molecule has 0 aliphatic carbocycles. The van der Waals surface area contributed by atoms with Gasteiger partial charge in [0, 0.05) is 24.0 Å². The van der Waals surface area contributed by atoms with E-state index in [2.05, 4.69) is 17.2 Å². The van der Waals surface area contributed by atoms with Crippen LogP contribution in [0.4, 0.5) is 16.5 Å². The maximum Gasteiger partial charge on any atom is 0.233 e. The molecule has 0 spiro atoms. The minimum Gasteiger partial charge on any atom is -0.380 e. The van der Waals surface area contributed by atoms with Gasteiger partial charge in [-0.05, 0) is 42.7 Å². The molecule has 1 unspecified atom stereocenters. The van der Waals surface area contributed by atoms with E-state index < -0.39 is 15.8 Å². The first-order valence-corrected chi connectivity index (χ1v) is 13.2. The molecule has 5 rings (SSSR count). The van der Waals surface area contributed by atoms with E-state index in [1.165, 1.54) is 11.3 Å². The van der Waals surface area contributed by atoms with E-state index in [9.17, 15) is 13.2 Å². The third kappa shape index (κ3) is 3.74. The van der Waals surface area contributed by atoms with Crippen LogP contribution in [0.25, 0.3) is 0 Å². The SMILES string of the molecule is CCC1(CC(C(=O)Nc2nccs2)c2ccc3c(c2)N(C)c2ccccc2S3(=O)=O)COC1. The smallest absolute Gasteiger partial charge is 0.233 e. The van der Waals surface area contributed by atoms with Gasteiger partial charge >= 0.3 is 0 Å². The Morgan fingerprint density at radius 1 is 1.21 bits per heavy atom. The Bertz CT molecular complexity index is 1300. The molecule has 0 bridgehead atoms. The molecule has 2 aliphatic heterocycles. The van der Waals surface area contributed by atoms with Gasteiger partial charge in [-0.1, -0.05) is 25.1 Å². The lowest BCUT2D eigenvalue weighted by molar-refractivity contribution is -0.132. The predicted molar refractivity (Wildman–Crippen MR) is 128 cm³/mol. The van der Waals surface area contributed by atoms with Crippen LogP contribution in [0, 0.1) is 5.41 Å². The average molecular weight is 484 g/mol. The summed E-state index contributed by atoms with van der Waals surface area (Å²) in [6.07, 6.45) is 3.17. The van der Waals surface area contributed by atoms with E-state index in [4.69, 9.17) is 4.74 Å². The molecule has 3 heterocycles. The number of ether oxygens (including phenoxy) is 1. The number of hydrogen-bond donors (Lipinski definition) is 1. The Labute approximate surface area is 197 Å². The van der Waals surface area contributed by atoms with Crippen LogP contribution in [-0.4, -0.2) is 39.6 Å². The third-order valence-electron chi connectivity index (χ3n) is 6.73. The minimum absolute atomic E-state index is 0.0641. The Morgan fingerprint density at radius 2 is 1.97 bits per heavy atom. The van der Waals surface area contributed by atoms with E-state index in [-0.39, 0.29) is 16.2 Å². The number of fused-ring (bicyclic) bond motifs is 2. The highest BCUT2D eigenvalue weighted by molar-refractivity contribution is 7.92. The molecule has 7 nitrogen and oxygen atoms in total. The van der Waals surface area contributed by atoms with Crippen molar-refractivity contribution < 1.29 is 17.9 Å². The Balaban J connectivity index is 1.56. The van der Waals surface area contributed by atoms with Crippen molar-refractivity contribution in [2.45, 2.75) is 35.5 Å². The molecule has 0 saturated carbocycles. The zero-order valence-electron chi connectivity index (χ0n) is 18.4. The molecule has 0 radical (unpaired) electrons. The van der Waals surface area contributed by atoms with Crippen molar-refractivity contribution in [3.63, 3.8) is 0 Å². The summed E-state index contributed by atoms with van der Waals surface area (Å²) in [5, 5.41) is 5.30. The molecule has 9 heteroatoms. The van der Waals surface area contributed by atoms with Crippen LogP contribution in [0.5, 0.6) is 0 Å². The zero-order chi connectivity index (χ0) is 23.2. The van der Waals surface area contributed by atoms with Crippen molar-refractivity contribution in [2.24, 2.45) is 5.41 Å². The molecule has 33 heavy (non-hydrogen) atoms. The molecule has 172 valence electrons. The monoisotopic (exact) mass is 483 g/mol. The summed E-state index contributed by atoms with van der Waals surface area (Å²) in [7, 11) is -1.79. The summed E-state index contributed by atoms with van der Waals surface area (Å²) < 4.78 is 32.0. The number of para-hydroxylation sites is 1. The van der Waals surface area contributed by atoms with Gasteiger partial charge in [0.15, 0.2) is 5.13 Å². The first-order chi connectivity index (χ1) is 15.8. The standard InChI is InChI=1S/C24H25N3O4S2/c1-3-24(14-31-15-24)13-17(22(28)26-23-25-10-11-32-23)16-8-9-21-19(12-16)27(2)18-6-4-5-7-20(18)33(21,29)30/h4-12,17H,3,13-15H2,1-2H3,(H,25,26,28). The van der Waals surface area contributed by atoms with Crippen LogP contribution in [0.1, 0.15) is 31.2 Å². The molecule has 2 aromatic carbocycles. The largest absolute Gasteiger partial charge is 0.380 e. The summed E-state index contributed by atoms with van der Waals surface area (Å²) in [6.45, 7) is 3.36. The minimum atomic E-state index is -3.64. The number of nitrogens with zero attached hydrogens (tertiary/aromatic N) is 2. The number of rotatable bonds is 6. The fraction of sp³-hybridized carbons (Fsp3) is 0.333. The summed E-state index contributed by atoms with van der Waals surface area (Å²) in [5.74, 6) is -0.609. The normalized spacial score (nSPS) is 18.5. The highest BCUT2D eigenvalue weighted by atomic mass is 32.2. The Hall–Kier alpha value is -2.75. The Kier molecular flexibility index (Phi) is 5.50. The molecule has 1 atom stereocenters.